The van der Waals surface area contributed by atoms with E-state index in [1.165, 1.54) is 12.2 Å². The van der Waals surface area contributed by atoms with E-state index in [2.05, 4.69) is 10.00 Å². The number of thioether (sulfide) groups is 1. The molecule has 5 heteroatoms. The van der Waals surface area contributed by atoms with Gasteiger partial charge >= 0.3 is 0 Å². The Morgan fingerprint density at radius 1 is 1.38 bits per heavy atom. The molecule has 0 aliphatic carbocycles. The molecule has 1 aromatic heterocycles. The second kappa shape index (κ2) is 4.91. The van der Waals surface area contributed by atoms with Crippen molar-refractivity contribution < 1.29 is 4.79 Å². The van der Waals surface area contributed by atoms with Crippen LogP contribution in [-0.2, 0) is 7.05 Å². The number of aromatic nitrogens is 2. The Morgan fingerprint density at radius 2 is 2.19 bits per heavy atom. The minimum Gasteiger partial charge on any atom is -0.355 e. The average molecular weight is 239 g/mol. The first-order chi connectivity index (χ1) is 7.74. The van der Waals surface area contributed by atoms with E-state index >= 15 is 0 Å². The lowest BCUT2D eigenvalue weighted by atomic mass is 10.2. The molecule has 0 saturated carbocycles. The van der Waals surface area contributed by atoms with Gasteiger partial charge in [-0.3, -0.25) is 9.48 Å². The summed E-state index contributed by atoms with van der Waals surface area (Å²) in [6.07, 6.45) is 2.10. The molecule has 0 amide bonds. The van der Waals surface area contributed by atoms with Gasteiger partial charge in [-0.2, -0.15) is 16.9 Å². The van der Waals surface area contributed by atoms with E-state index in [0.717, 1.165) is 42.2 Å². The van der Waals surface area contributed by atoms with Crippen molar-refractivity contribution in [3.63, 3.8) is 0 Å². The summed E-state index contributed by atoms with van der Waals surface area (Å²) in [6.45, 7) is 3.91. The molecule has 1 aliphatic rings. The molecule has 0 aromatic carbocycles. The van der Waals surface area contributed by atoms with E-state index in [-0.39, 0.29) is 0 Å². The van der Waals surface area contributed by atoms with Crippen LogP contribution < -0.4 is 4.90 Å². The number of rotatable bonds is 2. The topological polar surface area (TPSA) is 38.1 Å². The van der Waals surface area contributed by atoms with Gasteiger partial charge < -0.3 is 4.90 Å². The lowest BCUT2D eigenvalue weighted by Gasteiger charge is -2.22. The third-order valence-corrected chi connectivity index (χ3v) is 3.93. The quantitative estimate of drug-likeness (QED) is 0.733. The molecular weight excluding hydrogens is 222 g/mol. The first-order valence-corrected chi connectivity index (χ1v) is 6.71. The highest BCUT2D eigenvalue weighted by Gasteiger charge is 2.19. The molecule has 88 valence electrons. The summed E-state index contributed by atoms with van der Waals surface area (Å²) in [4.78, 5) is 13.4. The van der Waals surface area contributed by atoms with Crippen LogP contribution in [0.4, 0.5) is 5.82 Å². The van der Waals surface area contributed by atoms with Gasteiger partial charge in [0.25, 0.3) is 0 Å². The molecule has 0 atom stereocenters. The van der Waals surface area contributed by atoms with E-state index in [9.17, 15) is 4.79 Å². The molecule has 1 aromatic rings. The van der Waals surface area contributed by atoms with Gasteiger partial charge in [-0.05, 0) is 19.1 Å². The summed E-state index contributed by atoms with van der Waals surface area (Å²) in [5, 5.41) is 4.32. The van der Waals surface area contributed by atoms with Crippen molar-refractivity contribution in [2.75, 3.05) is 29.5 Å². The maximum Gasteiger partial charge on any atom is 0.155 e. The van der Waals surface area contributed by atoms with Crippen molar-refractivity contribution in [2.45, 2.75) is 13.3 Å². The number of hydrogen-bond donors (Lipinski definition) is 0. The van der Waals surface area contributed by atoms with E-state index in [0.29, 0.717) is 0 Å². The van der Waals surface area contributed by atoms with Gasteiger partial charge in [0.2, 0.25) is 0 Å². The van der Waals surface area contributed by atoms with Gasteiger partial charge in [-0.1, -0.05) is 0 Å². The van der Waals surface area contributed by atoms with Gasteiger partial charge in [-0.25, -0.2) is 0 Å². The molecule has 1 aliphatic heterocycles. The maximum absolute atomic E-state index is 11.1. The third kappa shape index (κ3) is 2.09. The van der Waals surface area contributed by atoms with Gasteiger partial charge in [0.1, 0.15) is 5.82 Å². The van der Waals surface area contributed by atoms with Crippen LogP contribution >= 0.6 is 11.8 Å². The molecular formula is C11H17N3OS. The van der Waals surface area contributed by atoms with Crippen LogP contribution in [0.15, 0.2) is 0 Å². The van der Waals surface area contributed by atoms with Crippen LogP contribution in [0.1, 0.15) is 22.5 Å². The molecule has 0 N–H and O–H groups in total. The fourth-order valence-electron chi connectivity index (χ4n) is 2.13. The molecule has 2 rings (SSSR count). The number of anilines is 1. The van der Waals surface area contributed by atoms with Crippen LogP contribution in [-0.4, -0.2) is 40.7 Å². The molecule has 0 unspecified atom stereocenters. The van der Waals surface area contributed by atoms with E-state index < -0.39 is 0 Å². The van der Waals surface area contributed by atoms with Crippen LogP contribution in [0.3, 0.4) is 0 Å². The molecule has 1 saturated heterocycles. The zero-order chi connectivity index (χ0) is 11.5. The fourth-order valence-corrected chi connectivity index (χ4v) is 3.02. The predicted octanol–water partition coefficient (Wildman–Crippen LogP) is 1.48. The van der Waals surface area contributed by atoms with E-state index in [1.807, 2.05) is 30.4 Å². The number of carbonyl (C=O) groups excluding carboxylic acids is 1. The predicted molar refractivity (Wildman–Crippen MR) is 67.5 cm³/mol. The van der Waals surface area contributed by atoms with Crippen LogP contribution in [0.25, 0.3) is 0 Å². The van der Waals surface area contributed by atoms with E-state index in [4.69, 9.17) is 0 Å². The maximum atomic E-state index is 11.1. The fraction of sp³-hybridized carbons (Fsp3) is 0.636. The largest absolute Gasteiger partial charge is 0.355 e. The molecule has 16 heavy (non-hydrogen) atoms. The second-order valence-corrected chi connectivity index (χ2v) is 5.24. The highest BCUT2D eigenvalue weighted by Crippen LogP contribution is 2.23. The smallest absolute Gasteiger partial charge is 0.155 e. The standard InChI is InChI=1S/C11H17N3OS/c1-9-10(8-15)11(13(2)12-9)14-4-3-6-16-7-5-14/h8H,3-7H2,1-2H3. The Labute approximate surface area is 100.0 Å². The lowest BCUT2D eigenvalue weighted by Crippen LogP contribution is -2.28. The van der Waals surface area contributed by atoms with Crippen molar-refractivity contribution in [2.24, 2.45) is 7.05 Å². The first kappa shape index (κ1) is 11.5. The van der Waals surface area contributed by atoms with Crippen LogP contribution in [0.5, 0.6) is 0 Å². The van der Waals surface area contributed by atoms with Crippen molar-refractivity contribution in [1.29, 1.82) is 0 Å². The normalized spacial score (nSPS) is 17.2. The summed E-state index contributed by atoms with van der Waals surface area (Å²) in [5.74, 6) is 3.32. The summed E-state index contributed by atoms with van der Waals surface area (Å²) < 4.78 is 1.83. The highest BCUT2D eigenvalue weighted by atomic mass is 32.2. The van der Waals surface area contributed by atoms with Crippen molar-refractivity contribution >= 4 is 23.9 Å². The lowest BCUT2D eigenvalue weighted by molar-refractivity contribution is 0.112. The van der Waals surface area contributed by atoms with Gasteiger partial charge in [0.15, 0.2) is 6.29 Å². The molecule has 4 nitrogen and oxygen atoms in total. The number of hydrogen-bond acceptors (Lipinski definition) is 4. The van der Waals surface area contributed by atoms with Gasteiger partial charge in [0, 0.05) is 25.9 Å². The zero-order valence-corrected chi connectivity index (χ0v) is 10.6. The van der Waals surface area contributed by atoms with Crippen LogP contribution in [0.2, 0.25) is 0 Å². The molecule has 1 fully saturated rings. The SMILES string of the molecule is Cc1nn(C)c(N2CCCSCC2)c1C=O. The highest BCUT2D eigenvalue weighted by molar-refractivity contribution is 7.99. The first-order valence-electron chi connectivity index (χ1n) is 5.55. The molecule has 0 bridgehead atoms. The zero-order valence-electron chi connectivity index (χ0n) is 9.77. The number of aryl methyl sites for hydroxylation is 2. The third-order valence-electron chi connectivity index (χ3n) is 2.88. The Balaban J connectivity index is 2.33. The summed E-state index contributed by atoms with van der Waals surface area (Å²) in [6, 6.07) is 0. The number of carbonyl (C=O) groups is 1. The summed E-state index contributed by atoms with van der Waals surface area (Å²) in [7, 11) is 1.91. The molecule has 2 heterocycles. The Morgan fingerprint density at radius 3 is 2.94 bits per heavy atom. The van der Waals surface area contributed by atoms with Gasteiger partial charge in [-0.15, -0.1) is 0 Å². The molecule has 0 spiro atoms. The Kier molecular flexibility index (Phi) is 3.53. The monoisotopic (exact) mass is 239 g/mol. The Bertz CT molecular complexity index is 381. The van der Waals surface area contributed by atoms with Gasteiger partial charge in [0.05, 0.1) is 11.3 Å². The van der Waals surface area contributed by atoms with Crippen molar-refractivity contribution in [3.05, 3.63) is 11.3 Å². The summed E-state index contributed by atoms with van der Waals surface area (Å²) in [5.41, 5.74) is 1.57. The number of nitrogens with zero attached hydrogens (tertiary/aromatic N) is 3. The average Bonchev–Trinajstić information content (AvgIpc) is 2.48. The second-order valence-electron chi connectivity index (χ2n) is 4.02. The molecule has 0 radical (unpaired) electrons. The number of aldehydes is 1. The minimum absolute atomic E-state index is 0.745. The summed E-state index contributed by atoms with van der Waals surface area (Å²) >= 11 is 1.98. The van der Waals surface area contributed by atoms with Crippen molar-refractivity contribution in [1.82, 2.24) is 9.78 Å². The Hall–Kier alpha value is -0.970. The minimum atomic E-state index is 0.745. The van der Waals surface area contributed by atoms with Crippen LogP contribution in [0, 0.1) is 6.92 Å². The van der Waals surface area contributed by atoms with E-state index in [1.54, 1.807) is 0 Å². The van der Waals surface area contributed by atoms with Crippen molar-refractivity contribution in [3.8, 4) is 0 Å².